The average molecular weight is 329 g/mol. The molecule has 116 valence electrons. The minimum absolute atomic E-state index is 0.197. The number of halogens is 3. The van der Waals surface area contributed by atoms with Crippen molar-refractivity contribution in [1.29, 1.82) is 0 Å². The van der Waals surface area contributed by atoms with Gasteiger partial charge in [0.05, 0.1) is 17.5 Å². The van der Waals surface area contributed by atoms with Crippen molar-refractivity contribution >= 4 is 35.3 Å². The number of hydrogen-bond acceptors (Lipinski definition) is 6. The first-order valence-corrected chi connectivity index (χ1v) is 6.94. The van der Waals surface area contributed by atoms with E-state index in [0.29, 0.717) is 11.2 Å². The summed E-state index contributed by atoms with van der Waals surface area (Å²) in [5.41, 5.74) is 1.88. The van der Waals surface area contributed by atoms with E-state index in [1.165, 1.54) is 17.4 Å². The van der Waals surface area contributed by atoms with Crippen molar-refractivity contribution in [3.8, 4) is 0 Å². The predicted octanol–water partition coefficient (Wildman–Crippen LogP) is 1.60. The largest absolute Gasteiger partial charge is 0.488 e. The number of thiazole rings is 1. The van der Waals surface area contributed by atoms with Gasteiger partial charge >= 0.3 is 13.3 Å². The Balaban J connectivity index is 2.26. The maximum Gasteiger partial charge on any atom is 0.488 e. The highest BCUT2D eigenvalue weighted by molar-refractivity contribution is 7.13. The Morgan fingerprint density at radius 3 is 2.64 bits per heavy atom. The summed E-state index contributed by atoms with van der Waals surface area (Å²) in [4.78, 5) is 4.06. The van der Waals surface area contributed by atoms with Gasteiger partial charge in [-0.3, -0.25) is 5.43 Å². The van der Waals surface area contributed by atoms with Gasteiger partial charge in [0.2, 0.25) is 5.13 Å². The van der Waals surface area contributed by atoms with Gasteiger partial charge in [0.25, 0.3) is 0 Å². The van der Waals surface area contributed by atoms with E-state index in [1.807, 2.05) is 0 Å². The van der Waals surface area contributed by atoms with Crippen LogP contribution in [-0.2, 0) is 6.18 Å². The van der Waals surface area contributed by atoms with Crippen LogP contribution < -0.4 is 10.9 Å². The molecule has 22 heavy (non-hydrogen) atoms. The molecule has 0 fully saturated rings. The van der Waals surface area contributed by atoms with Gasteiger partial charge in [-0.1, -0.05) is 12.1 Å². The molecule has 0 aliphatic heterocycles. The summed E-state index contributed by atoms with van der Waals surface area (Å²) in [6, 6.07) is 2.99. The summed E-state index contributed by atoms with van der Waals surface area (Å²) in [6.45, 7) is 1.78. The Labute approximate surface area is 128 Å². The van der Waals surface area contributed by atoms with Crippen molar-refractivity contribution in [1.82, 2.24) is 4.98 Å². The average Bonchev–Trinajstić information content (AvgIpc) is 2.83. The standard InChI is InChI=1S/C12H11BF3N3O2S/c1-7-6-22-11(18-7)19-17-5-8-2-3-9(13(20)21)4-10(8)12(14,15)16/h2-6,20-21H,1H3,(H,18,19). The molecule has 0 atom stereocenters. The zero-order valence-electron chi connectivity index (χ0n) is 11.3. The highest BCUT2D eigenvalue weighted by Crippen LogP contribution is 2.30. The monoisotopic (exact) mass is 329 g/mol. The van der Waals surface area contributed by atoms with E-state index in [-0.39, 0.29) is 11.0 Å². The number of hydrazone groups is 1. The number of aromatic nitrogens is 1. The molecular formula is C12H11BF3N3O2S. The van der Waals surface area contributed by atoms with Crippen LogP contribution in [0, 0.1) is 6.92 Å². The summed E-state index contributed by atoms with van der Waals surface area (Å²) in [5.74, 6) is 0. The first-order chi connectivity index (χ1) is 10.3. The molecule has 1 heterocycles. The van der Waals surface area contributed by atoms with Crippen LogP contribution in [0.5, 0.6) is 0 Å². The topological polar surface area (TPSA) is 77.7 Å². The molecule has 5 nitrogen and oxygen atoms in total. The van der Waals surface area contributed by atoms with Gasteiger partial charge < -0.3 is 10.0 Å². The molecular weight excluding hydrogens is 318 g/mol. The Bertz CT molecular complexity index is 688. The Hall–Kier alpha value is -1.91. The second-order valence-corrected chi connectivity index (χ2v) is 5.24. The molecule has 10 heteroatoms. The minimum atomic E-state index is -4.63. The first kappa shape index (κ1) is 16.5. The number of hydrogen-bond donors (Lipinski definition) is 3. The van der Waals surface area contributed by atoms with E-state index in [9.17, 15) is 13.2 Å². The molecule has 0 bridgehead atoms. The van der Waals surface area contributed by atoms with Gasteiger partial charge in [-0.25, -0.2) is 4.98 Å². The fourth-order valence-corrected chi connectivity index (χ4v) is 2.29. The molecule has 2 aromatic rings. The second-order valence-electron chi connectivity index (χ2n) is 4.38. The summed E-state index contributed by atoms with van der Waals surface area (Å²) in [6.07, 6.45) is -3.63. The van der Waals surface area contributed by atoms with Crippen LogP contribution in [0.3, 0.4) is 0 Å². The lowest BCUT2D eigenvalue weighted by Gasteiger charge is -2.11. The number of nitrogens with one attached hydrogen (secondary N) is 1. The molecule has 0 aliphatic carbocycles. The van der Waals surface area contributed by atoms with E-state index in [1.54, 1.807) is 12.3 Å². The molecule has 0 radical (unpaired) electrons. The molecule has 2 rings (SSSR count). The zero-order valence-corrected chi connectivity index (χ0v) is 12.1. The quantitative estimate of drug-likeness (QED) is 0.452. The van der Waals surface area contributed by atoms with Crippen LogP contribution >= 0.6 is 11.3 Å². The summed E-state index contributed by atoms with van der Waals surface area (Å²) < 4.78 is 39.0. The van der Waals surface area contributed by atoms with Crippen molar-refractivity contribution in [3.63, 3.8) is 0 Å². The maximum atomic E-state index is 13.0. The lowest BCUT2D eigenvalue weighted by molar-refractivity contribution is -0.137. The Morgan fingerprint density at radius 2 is 2.09 bits per heavy atom. The normalized spacial score (nSPS) is 11.9. The fraction of sp³-hybridized carbons (Fsp3) is 0.167. The highest BCUT2D eigenvalue weighted by Gasteiger charge is 2.34. The van der Waals surface area contributed by atoms with Crippen LogP contribution in [0.1, 0.15) is 16.8 Å². The molecule has 1 aromatic carbocycles. The lowest BCUT2D eigenvalue weighted by Crippen LogP contribution is -2.31. The van der Waals surface area contributed by atoms with Gasteiger partial charge in [-0.15, -0.1) is 11.3 Å². The van der Waals surface area contributed by atoms with Crippen LogP contribution in [0.4, 0.5) is 18.3 Å². The Morgan fingerprint density at radius 1 is 1.36 bits per heavy atom. The predicted molar refractivity (Wildman–Crippen MR) is 79.3 cm³/mol. The summed E-state index contributed by atoms with van der Waals surface area (Å²) >= 11 is 1.28. The highest BCUT2D eigenvalue weighted by atomic mass is 32.1. The second kappa shape index (κ2) is 6.47. The van der Waals surface area contributed by atoms with Crippen molar-refractivity contribution in [2.45, 2.75) is 13.1 Å². The number of nitrogens with zero attached hydrogens (tertiary/aromatic N) is 2. The van der Waals surface area contributed by atoms with Gasteiger partial charge in [0.1, 0.15) is 0 Å². The summed E-state index contributed by atoms with van der Waals surface area (Å²) in [7, 11) is -1.97. The number of anilines is 1. The van der Waals surface area contributed by atoms with Crippen molar-refractivity contribution < 1.29 is 23.2 Å². The zero-order chi connectivity index (χ0) is 16.3. The minimum Gasteiger partial charge on any atom is -0.423 e. The fourth-order valence-electron chi connectivity index (χ4n) is 1.65. The number of benzene rings is 1. The van der Waals surface area contributed by atoms with Crippen LogP contribution in [-0.4, -0.2) is 28.4 Å². The van der Waals surface area contributed by atoms with Crippen molar-refractivity contribution in [2.24, 2.45) is 5.10 Å². The van der Waals surface area contributed by atoms with Crippen LogP contribution in [0.15, 0.2) is 28.7 Å². The lowest BCUT2D eigenvalue weighted by atomic mass is 9.79. The maximum absolute atomic E-state index is 13.0. The third kappa shape index (κ3) is 4.06. The third-order valence-electron chi connectivity index (χ3n) is 2.66. The number of alkyl halides is 3. The molecule has 0 saturated heterocycles. The molecule has 3 N–H and O–H groups in total. The van der Waals surface area contributed by atoms with Gasteiger partial charge in [-0.2, -0.15) is 18.3 Å². The smallest absolute Gasteiger partial charge is 0.423 e. The van der Waals surface area contributed by atoms with Gasteiger partial charge in [-0.05, 0) is 18.5 Å². The molecule has 0 spiro atoms. The van der Waals surface area contributed by atoms with E-state index < -0.39 is 18.9 Å². The van der Waals surface area contributed by atoms with Crippen LogP contribution in [0.25, 0.3) is 0 Å². The molecule has 1 aromatic heterocycles. The summed E-state index contributed by atoms with van der Waals surface area (Å²) in [5, 5.41) is 23.9. The molecule has 0 aliphatic rings. The van der Waals surface area contributed by atoms with Crippen molar-refractivity contribution in [3.05, 3.63) is 40.4 Å². The SMILES string of the molecule is Cc1csc(NN=Cc2ccc(B(O)O)cc2C(F)(F)F)n1. The van der Waals surface area contributed by atoms with E-state index in [4.69, 9.17) is 10.0 Å². The van der Waals surface area contributed by atoms with E-state index in [2.05, 4.69) is 15.5 Å². The Kier molecular flexibility index (Phi) is 4.84. The molecule has 0 unspecified atom stereocenters. The van der Waals surface area contributed by atoms with Gasteiger partial charge in [0, 0.05) is 10.9 Å². The number of aryl methyl sites for hydroxylation is 1. The van der Waals surface area contributed by atoms with E-state index in [0.717, 1.165) is 18.0 Å². The first-order valence-electron chi connectivity index (χ1n) is 6.06. The van der Waals surface area contributed by atoms with Crippen molar-refractivity contribution in [2.75, 3.05) is 5.43 Å². The van der Waals surface area contributed by atoms with Gasteiger partial charge in [0.15, 0.2) is 0 Å². The van der Waals surface area contributed by atoms with E-state index >= 15 is 0 Å². The molecule has 0 saturated carbocycles. The van der Waals surface area contributed by atoms with Crippen LogP contribution in [0.2, 0.25) is 0 Å². The molecule has 0 amide bonds. The number of rotatable bonds is 4. The third-order valence-corrected chi connectivity index (χ3v) is 3.53.